The van der Waals surface area contributed by atoms with Crippen LogP contribution in [0.5, 0.6) is 0 Å². The molecule has 138 valence electrons. The summed E-state index contributed by atoms with van der Waals surface area (Å²) in [4.78, 5) is 14.9. The summed E-state index contributed by atoms with van der Waals surface area (Å²) in [5.74, 6) is -0.0868. The highest BCUT2D eigenvalue weighted by atomic mass is 32.2. The minimum absolute atomic E-state index is 0.0868. The van der Waals surface area contributed by atoms with E-state index in [1.807, 2.05) is 13.0 Å². The first-order chi connectivity index (χ1) is 11.8. The Kier molecular flexibility index (Phi) is 5.06. The molecular formula is C18H27N3O3S. The molecule has 2 aliphatic rings. The number of nitrogens with one attached hydrogen (secondary N) is 1. The molecule has 2 unspecified atom stereocenters. The third kappa shape index (κ3) is 3.67. The van der Waals surface area contributed by atoms with Gasteiger partial charge in [0.25, 0.3) is 5.91 Å². The highest BCUT2D eigenvalue weighted by Gasteiger charge is 2.33. The van der Waals surface area contributed by atoms with Crippen LogP contribution in [-0.4, -0.2) is 57.2 Å². The van der Waals surface area contributed by atoms with Gasteiger partial charge in [0.2, 0.25) is 10.0 Å². The Hall–Kier alpha value is -1.60. The number of hydrogen-bond acceptors (Lipinski definition) is 4. The standard InChI is InChI=1S/C18H27N3O3S/c1-4-20-9-5-6-16(20)12-19-18(22)14-7-8-17-15(11-14)10-13(2)21(17)25(3,23)24/h7-8,11,13,16H,4-6,9-10,12H2,1-3H3,(H,19,22). The number of sulfonamides is 1. The normalized spacial score (nSPS) is 23.7. The average Bonchev–Trinajstić information content (AvgIpc) is 3.13. The molecule has 6 nitrogen and oxygen atoms in total. The van der Waals surface area contributed by atoms with Crippen LogP contribution in [0.4, 0.5) is 5.69 Å². The molecule has 1 fully saturated rings. The Balaban J connectivity index is 1.70. The van der Waals surface area contributed by atoms with Crippen LogP contribution in [-0.2, 0) is 16.4 Å². The molecule has 1 aromatic carbocycles. The van der Waals surface area contributed by atoms with E-state index < -0.39 is 10.0 Å². The van der Waals surface area contributed by atoms with Gasteiger partial charge < -0.3 is 5.32 Å². The third-order valence-corrected chi connectivity index (χ3v) is 6.53. The van der Waals surface area contributed by atoms with E-state index in [4.69, 9.17) is 0 Å². The number of likely N-dealkylation sites (tertiary alicyclic amines) is 1. The molecule has 2 aliphatic heterocycles. The Morgan fingerprint density at radius 1 is 1.36 bits per heavy atom. The van der Waals surface area contributed by atoms with Gasteiger partial charge in [-0.1, -0.05) is 6.92 Å². The smallest absolute Gasteiger partial charge is 0.251 e. The Bertz CT molecular complexity index is 763. The average molecular weight is 365 g/mol. The first kappa shape index (κ1) is 18.2. The van der Waals surface area contributed by atoms with Gasteiger partial charge in [-0.15, -0.1) is 0 Å². The lowest BCUT2D eigenvalue weighted by molar-refractivity contribution is 0.0941. The van der Waals surface area contributed by atoms with Gasteiger partial charge in [-0.3, -0.25) is 14.0 Å². The van der Waals surface area contributed by atoms with Gasteiger partial charge in [0, 0.05) is 24.2 Å². The zero-order valence-electron chi connectivity index (χ0n) is 15.2. The van der Waals surface area contributed by atoms with E-state index in [1.54, 1.807) is 12.1 Å². The van der Waals surface area contributed by atoms with Gasteiger partial charge in [-0.2, -0.15) is 0 Å². The number of benzene rings is 1. The lowest BCUT2D eigenvalue weighted by Gasteiger charge is -2.23. The molecule has 0 saturated carbocycles. The topological polar surface area (TPSA) is 69.7 Å². The maximum Gasteiger partial charge on any atom is 0.251 e. The lowest BCUT2D eigenvalue weighted by Crippen LogP contribution is -2.40. The van der Waals surface area contributed by atoms with Crippen LogP contribution in [0.2, 0.25) is 0 Å². The fourth-order valence-electron chi connectivity index (χ4n) is 4.10. The van der Waals surface area contributed by atoms with Crippen LogP contribution >= 0.6 is 0 Å². The lowest BCUT2D eigenvalue weighted by atomic mass is 10.1. The zero-order valence-corrected chi connectivity index (χ0v) is 16.0. The molecule has 0 radical (unpaired) electrons. The van der Waals surface area contributed by atoms with E-state index in [9.17, 15) is 13.2 Å². The number of rotatable bonds is 5. The number of nitrogens with zero attached hydrogens (tertiary/aromatic N) is 2. The van der Waals surface area contributed by atoms with Crippen molar-refractivity contribution >= 4 is 21.6 Å². The van der Waals surface area contributed by atoms with Gasteiger partial charge in [-0.25, -0.2) is 8.42 Å². The zero-order chi connectivity index (χ0) is 18.2. The van der Waals surface area contributed by atoms with E-state index in [-0.39, 0.29) is 11.9 Å². The summed E-state index contributed by atoms with van der Waals surface area (Å²) in [5.41, 5.74) is 2.21. The van der Waals surface area contributed by atoms with E-state index in [0.717, 1.165) is 25.1 Å². The summed E-state index contributed by atoms with van der Waals surface area (Å²) < 4.78 is 25.4. The van der Waals surface area contributed by atoms with Crippen LogP contribution in [0.3, 0.4) is 0 Å². The predicted molar refractivity (Wildman–Crippen MR) is 99.5 cm³/mol. The van der Waals surface area contributed by atoms with Crippen LogP contribution in [0.15, 0.2) is 18.2 Å². The summed E-state index contributed by atoms with van der Waals surface area (Å²) in [6.45, 7) is 6.82. The molecule has 7 heteroatoms. The second kappa shape index (κ2) is 6.96. The van der Waals surface area contributed by atoms with Crippen LogP contribution in [0.25, 0.3) is 0 Å². The number of anilines is 1. The van der Waals surface area contributed by atoms with Crippen molar-refractivity contribution in [3.05, 3.63) is 29.3 Å². The van der Waals surface area contributed by atoms with Crippen molar-refractivity contribution in [2.45, 2.75) is 45.2 Å². The maximum atomic E-state index is 12.5. The summed E-state index contributed by atoms with van der Waals surface area (Å²) in [5, 5.41) is 3.04. The monoisotopic (exact) mass is 365 g/mol. The molecule has 1 N–H and O–H groups in total. The van der Waals surface area contributed by atoms with Crippen molar-refractivity contribution in [3.63, 3.8) is 0 Å². The molecule has 0 bridgehead atoms. The van der Waals surface area contributed by atoms with Crippen molar-refractivity contribution in [1.29, 1.82) is 0 Å². The number of fused-ring (bicyclic) bond motifs is 1. The molecule has 1 aromatic rings. The maximum absolute atomic E-state index is 12.5. The first-order valence-electron chi connectivity index (χ1n) is 8.96. The molecular weight excluding hydrogens is 338 g/mol. The van der Waals surface area contributed by atoms with Crippen molar-refractivity contribution in [2.24, 2.45) is 0 Å². The van der Waals surface area contributed by atoms with Gasteiger partial charge in [-0.05, 0) is 63.0 Å². The molecule has 2 atom stereocenters. The largest absolute Gasteiger partial charge is 0.350 e. The number of amides is 1. The highest BCUT2D eigenvalue weighted by Crippen LogP contribution is 2.34. The van der Waals surface area contributed by atoms with Crippen LogP contribution < -0.4 is 9.62 Å². The summed E-state index contributed by atoms with van der Waals surface area (Å²) in [6, 6.07) is 5.61. The highest BCUT2D eigenvalue weighted by molar-refractivity contribution is 7.92. The van der Waals surface area contributed by atoms with E-state index in [0.29, 0.717) is 30.3 Å². The second-order valence-electron chi connectivity index (χ2n) is 7.09. The van der Waals surface area contributed by atoms with Crippen molar-refractivity contribution in [2.75, 3.05) is 30.2 Å². The second-order valence-corrected chi connectivity index (χ2v) is 8.95. The van der Waals surface area contributed by atoms with Gasteiger partial charge in [0.05, 0.1) is 11.9 Å². The fourth-order valence-corrected chi connectivity index (χ4v) is 5.37. The Morgan fingerprint density at radius 3 is 2.80 bits per heavy atom. The predicted octanol–water partition coefficient (Wildman–Crippen LogP) is 1.61. The number of likely N-dealkylation sites (N-methyl/N-ethyl adjacent to an activating group) is 1. The van der Waals surface area contributed by atoms with Crippen molar-refractivity contribution in [3.8, 4) is 0 Å². The van der Waals surface area contributed by atoms with Gasteiger partial charge in [0.1, 0.15) is 0 Å². The van der Waals surface area contributed by atoms with Gasteiger partial charge in [0.15, 0.2) is 0 Å². The summed E-state index contributed by atoms with van der Waals surface area (Å²) in [7, 11) is -3.30. The number of carbonyl (C=O) groups is 1. The van der Waals surface area contributed by atoms with Crippen molar-refractivity contribution in [1.82, 2.24) is 10.2 Å². The quantitative estimate of drug-likeness (QED) is 0.861. The van der Waals surface area contributed by atoms with Crippen LogP contribution in [0.1, 0.15) is 42.6 Å². The van der Waals surface area contributed by atoms with Crippen molar-refractivity contribution < 1.29 is 13.2 Å². The number of hydrogen-bond donors (Lipinski definition) is 1. The van der Waals surface area contributed by atoms with E-state index >= 15 is 0 Å². The Morgan fingerprint density at radius 2 is 2.12 bits per heavy atom. The molecule has 1 amide bonds. The van der Waals surface area contributed by atoms with Gasteiger partial charge >= 0.3 is 0 Å². The molecule has 0 spiro atoms. The third-order valence-electron chi connectivity index (χ3n) is 5.26. The summed E-state index contributed by atoms with van der Waals surface area (Å²) in [6.07, 6.45) is 4.17. The first-order valence-corrected chi connectivity index (χ1v) is 10.8. The van der Waals surface area contributed by atoms with Crippen LogP contribution in [0, 0.1) is 0 Å². The van der Waals surface area contributed by atoms with E-state index in [1.165, 1.54) is 17.0 Å². The fraction of sp³-hybridized carbons (Fsp3) is 0.611. The van der Waals surface area contributed by atoms with E-state index in [2.05, 4.69) is 17.1 Å². The Labute approximate surface area is 150 Å². The SMILES string of the molecule is CCN1CCCC1CNC(=O)c1ccc2c(c1)CC(C)N2S(C)(=O)=O. The molecule has 0 aliphatic carbocycles. The molecule has 2 heterocycles. The molecule has 3 rings (SSSR count). The number of carbonyl (C=O) groups excluding carboxylic acids is 1. The molecule has 25 heavy (non-hydrogen) atoms. The minimum Gasteiger partial charge on any atom is -0.350 e. The summed E-state index contributed by atoms with van der Waals surface area (Å²) >= 11 is 0. The minimum atomic E-state index is -3.30. The molecule has 0 aromatic heterocycles. The molecule has 1 saturated heterocycles.